The van der Waals surface area contributed by atoms with Crippen LogP contribution >= 0.6 is 0 Å². The van der Waals surface area contributed by atoms with Gasteiger partial charge in [0.05, 0.1) is 21.9 Å². The fourth-order valence-electron chi connectivity index (χ4n) is 3.08. The Balaban J connectivity index is 1.94. The zero-order chi connectivity index (χ0) is 16.7. The molecule has 0 amide bonds. The van der Waals surface area contributed by atoms with E-state index in [-0.39, 0.29) is 0 Å². The molecule has 0 atom stereocenters. The van der Waals surface area contributed by atoms with Crippen LogP contribution in [0.3, 0.4) is 0 Å². The van der Waals surface area contributed by atoms with Crippen LogP contribution in [0.2, 0.25) is 0 Å². The van der Waals surface area contributed by atoms with Gasteiger partial charge >= 0.3 is 0 Å². The lowest BCUT2D eigenvalue weighted by atomic mass is 10.1. The van der Waals surface area contributed by atoms with Crippen LogP contribution in [0.5, 0.6) is 0 Å². The molecule has 0 fully saturated rings. The number of nitrogens with zero attached hydrogens (tertiary/aromatic N) is 2. The molecule has 0 spiro atoms. The van der Waals surface area contributed by atoms with E-state index in [2.05, 4.69) is 4.98 Å². The van der Waals surface area contributed by atoms with E-state index in [0.717, 1.165) is 22.7 Å². The van der Waals surface area contributed by atoms with Crippen molar-refractivity contribution in [2.24, 2.45) is 5.73 Å². The summed E-state index contributed by atoms with van der Waals surface area (Å²) < 4.78 is 30.0. The lowest BCUT2D eigenvalue weighted by Crippen LogP contribution is -2.01. The van der Waals surface area contributed by atoms with Gasteiger partial charge in [-0.05, 0) is 29.3 Å². The van der Waals surface area contributed by atoms with Gasteiger partial charge in [0, 0.05) is 25.4 Å². The van der Waals surface area contributed by atoms with Crippen LogP contribution in [0.4, 0.5) is 8.78 Å². The van der Waals surface area contributed by atoms with Crippen molar-refractivity contribution in [3.63, 3.8) is 0 Å². The lowest BCUT2D eigenvalue weighted by molar-refractivity contribution is 0.591. The predicted molar refractivity (Wildman–Crippen MR) is 90.6 cm³/mol. The number of benzene rings is 2. The summed E-state index contributed by atoms with van der Waals surface area (Å²) in [4.78, 5) is 4.29. The van der Waals surface area contributed by atoms with Crippen molar-refractivity contribution < 1.29 is 8.78 Å². The van der Waals surface area contributed by atoms with Gasteiger partial charge in [0.1, 0.15) is 11.6 Å². The maximum atomic E-state index is 14.3. The van der Waals surface area contributed by atoms with E-state index in [1.807, 2.05) is 34.9 Å². The van der Waals surface area contributed by atoms with Gasteiger partial charge in [-0.2, -0.15) is 0 Å². The SMILES string of the molecule is NCc1ccc(Cn2c3cccnc3c3c(F)cc(F)cc32)cc1. The number of rotatable bonds is 3. The Labute approximate surface area is 137 Å². The smallest absolute Gasteiger partial charge is 0.137 e. The van der Waals surface area contributed by atoms with Gasteiger partial charge in [0.25, 0.3) is 0 Å². The fourth-order valence-corrected chi connectivity index (χ4v) is 3.08. The fraction of sp³-hybridized carbons (Fsp3) is 0.105. The third-order valence-electron chi connectivity index (χ3n) is 4.24. The number of hydrogen-bond acceptors (Lipinski definition) is 2. The molecule has 5 heteroatoms. The highest BCUT2D eigenvalue weighted by molar-refractivity contribution is 6.06. The maximum absolute atomic E-state index is 14.3. The molecule has 0 aliphatic carbocycles. The third kappa shape index (κ3) is 2.34. The van der Waals surface area contributed by atoms with Crippen LogP contribution in [-0.4, -0.2) is 9.55 Å². The molecule has 2 N–H and O–H groups in total. The number of hydrogen-bond donors (Lipinski definition) is 1. The molecule has 2 aromatic carbocycles. The van der Waals surface area contributed by atoms with Gasteiger partial charge < -0.3 is 10.3 Å². The van der Waals surface area contributed by atoms with Gasteiger partial charge in [-0.1, -0.05) is 24.3 Å². The van der Waals surface area contributed by atoms with Gasteiger partial charge in [-0.25, -0.2) is 8.78 Å². The molecule has 0 aliphatic heterocycles. The van der Waals surface area contributed by atoms with E-state index in [0.29, 0.717) is 29.5 Å². The van der Waals surface area contributed by atoms with E-state index < -0.39 is 11.6 Å². The third-order valence-corrected chi connectivity index (χ3v) is 4.24. The Morgan fingerprint density at radius 2 is 1.71 bits per heavy atom. The molecular formula is C19H15F2N3. The zero-order valence-corrected chi connectivity index (χ0v) is 12.8. The molecule has 0 radical (unpaired) electrons. The minimum Gasteiger partial charge on any atom is -0.334 e. The van der Waals surface area contributed by atoms with Crippen LogP contribution in [-0.2, 0) is 13.1 Å². The Morgan fingerprint density at radius 3 is 2.46 bits per heavy atom. The molecular weight excluding hydrogens is 308 g/mol. The van der Waals surface area contributed by atoms with Crippen molar-refractivity contribution in [1.29, 1.82) is 0 Å². The Hall–Kier alpha value is -2.79. The molecule has 3 nitrogen and oxygen atoms in total. The first kappa shape index (κ1) is 14.8. The number of halogens is 2. The first-order chi connectivity index (χ1) is 11.7. The second kappa shape index (κ2) is 5.69. The topological polar surface area (TPSA) is 43.8 Å². The van der Waals surface area contributed by atoms with Crippen LogP contribution in [0.1, 0.15) is 11.1 Å². The quantitative estimate of drug-likeness (QED) is 0.620. The van der Waals surface area contributed by atoms with Gasteiger partial charge in [0.15, 0.2) is 0 Å². The normalized spacial score (nSPS) is 11.5. The first-order valence-corrected chi connectivity index (χ1v) is 7.67. The minimum absolute atomic E-state index is 0.352. The summed E-state index contributed by atoms with van der Waals surface area (Å²) >= 11 is 0. The van der Waals surface area contributed by atoms with Crippen molar-refractivity contribution in [3.8, 4) is 0 Å². The molecule has 4 rings (SSSR count). The molecule has 0 saturated heterocycles. The van der Waals surface area contributed by atoms with Crippen LogP contribution in [0, 0.1) is 11.6 Å². The second-order valence-electron chi connectivity index (χ2n) is 5.76. The molecule has 4 aromatic rings. The Bertz CT molecular complexity index is 1040. The van der Waals surface area contributed by atoms with Crippen molar-refractivity contribution in [2.75, 3.05) is 0 Å². The van der Waals surface area contributed by atoms with Crippen molar-refractivity contribution in [3.05, 3.63) is 77.5 Å². The average Bonchev–Trinajstić information content (AvgIpc) is 2.90. The monoisotopic (exact) mass is 323 g/mol. The molecule has 0 bridgehead atoms. The van der Waals surface area contributed by atoms with Gasteiger partial charge in [-0.3, -0.25) is 4.98 Å². The highest BCUT2D eigenvalue weighted by Crippen LogP contribution is 2.31. The van der Waals surface area contributed by atoms with E-state index in [4.69, 9.17) is 5.73 Å². The lowest BCUT2D eigenvalue weighted by Gasteiger charge is -2.08. The number of nitrogens with two attached hydrogens (primary N) is 1. The summed E-state index contributed by atoms with van der Waals surface area (Å²) in [7, 11) is 0. The first-order valence-electron chi connectivity index (χ1n) is 7.67. The summed E-state index contributed by atoms with van der Waals surface area (Å²) in [5.74, 6) is -1.19. The van der Waals surface area contributed by atoms with Gasteiger partial charge in [0.2, 0.25) is 0 Å². The molecule has 120 valence electrons. The molecule has 2 heterocycles. The van der Waals surface area contributed by atoms with Crippen molar-refractivity contribution in [1.82, 2.24) is 9.55 Å². The highest BCUT2D eigenvalue weighted by Gasteiger charge is 2.16. The Kier molecular flexibility index (Phi) is 3.50. The van der Waals surface area contributed by atoms with Crippen molar-refractivity contribution >= 4 is 21.9 Å². The number of fused-ring (bicyclic) bond motifs is 3. The second-order valence-corrected chi connectivity index (χ2v) is 5.76. The summed E-state index contributed by atoms with van der Waals surface area (Å²) in [5.41, 5.74) is 9.52. The van der Waals surface area contributed by atoms with Crippen molar-refractivity contribution in [2.45, 2.75) is 13.1 Å². The molecule has 0 aliphatic rings. The average molecular weight is 323 g/mol. The highest BCUT2D eigenvalue weighted by atomic mass is 19.1. The zero-order valence-electron chi connectivity index (χ0n) is 12.8. The summed E-state index contributed by atoms with van der Waals surface area (Å²) in [5, 5.41) is 0.352. The molecule has 2 aromatic heterocycles. The largest absolute Gasteiger partial charge is 0.334 e. The summed E-state index contributed by atoms with van der Waals surface area (Å²) in [6.07, 6.45) is 1.62. The molecule has 0 unspecified atom stereocenters. The van der Waals surface area contributed by atoms with E-state index >= 15 is 0 Å². The standard InChI is InChI=1S/C19H15F2N3/c20-14-8-15(21)18-17(9-14)24(16-2-1-7-23-19(16)18)11-13-5-3-12(10-22)4-6-13/h1-9H,10-11,22H2. The van der Waals surface area contributed by atoms with Gasteiger partial charge in [-0.15, -0.1) is 0 Å². The predicted octanol–water partition coefficient (Wildman–Crippen LogP) is 3.97. The maximum Gasteiger partial charge on any atom is 0.137 e. The summed E-state index contributed by atoms with van der Waals surface area (Å²) in [6.45, 7) is 0.982. The number of aromatic nitrogens is 2. The number of pyridine rings is 1. The van der Waals surface area contributed by atoms with Crippen LogP contribution in [0.15, 0.2) is 54.7 Å². The minimum atomic E-state index is -0.595. The molecule has 0 saturated carbocycles. The Morgan fingerprint density at radius 1 is 0.958 bits per heavy atom. The van der Waals surface area contributed by atoms with E-state index in [9.17, 15) is 8.78 Å². The van der Waals surface area contributed by atoms with E-state index in [1.165, 1.54) is 6.07 Å². The van der Waals surface area contributed by atoms with Crippen LogP contribution < -0.4 is 5.73 Å². The van der Waals surface area contributed by atoms with E-state index in [1.54, 1.807) is 12.3 Å². The summed E-state index contributed by atoms with van der Waals surface area (Å²) in [6, 6.07) is 13.8. The van der Waals surface area contributed by atoms with Crippen LogP contribution in [0.25, 0.3) is 21.9 Å². The molecule has 24 heavy (non-hydrogen) atoms.